The molecule has 0 unspecified atom stereocenters. The van der Waals surface area contributed by atoms with Crippen molar-refractivity contribution in [3.8, 4) is 11.3 Å². The van der Waals surface area contributed by atoms with E-state index >= 15 is 0 Å². The van der Waals surface area contributed by atoms with Crippen LogP contribution in [0.15, 0.2) is 34.9 Å². The molecule has 1 aliphatic rings. The summed E-state index contributed by atoms with van der Waals surface area (Å²) in [5, 5.41) is 14.2. The summed E-state index contributed by atoms with van der Waals surface area (Å²) >= 11 is 0. The molecule has 0 radical (unpaired) electrons. The Morgan fingerprint density at radius 2 is 2.11 bits per heavy atom. The van der Waals surface area contributed by atoms with E-state index in [1.807, 2.05) is 51.1 Å². The average molecular weight is 384 g/mol. The Morgan fingerprint density at radius 3 is 2.79 bits per heavy atom. The van der Waals surface area contributed by atoms with Gasteiger partial charge in [-0.05, 0) is 31.7 Å². The molecule has 1 aliphatic heterocycles. The summed E-state index contributed by atoms with van der Waals surface area (Å²) in [5.74, 6) is -0.407. The maximum atomic E-state index is 12.6. The molecule has 6 nitrogen and oxygen atoms in total. The predicted octanol–water partition coefficient (Wildman–Crippen LogP) is 3.93. The lowest BCUT2D eigenvalue weighted by Crippen LogP contribution is -2.52. The largest absolute Gasteiger partial charge is 0.481 e. The zero-order valence-electron chi connectivity index (χ0n) is 16.8. The van der Waals surface area contributed by atoms with Crippen molar-refractivity contribution >= 4 is 11.9 Å². The molecule has 2 atom stereocenters. The van der Waals surface area contributed by atoms with Gasteiger partial charge in [0.15, 0.2) is 0 Å². The lowest BCUT2D eigenvalue weighted by atomic mass is 9.76. The van der Waals surface area contributed by atoms with Crippen LogP contribution in [0.4, 0.5) is 0 Å². The van der Waals surface area contributed by atoms with E-state index in [0.29, 0.717) is 30.8 Å². The standard InChI is InChI=1S/C22H28N2O4/c1-4-15(2)20(25)24-11-7-10-22(14-24,21(26)27)13-17-12-19(23-28-17)18-9-6-5-8-16(18)3/h5-6,8-9,12,15H,4,7,10-11,13-14H2,1-3H3,(H,26,27)/t15-,22+/m0/s1. The van der Waals surface area contributed by atoms with Crippen LogP contribution >= 0.6 is 0 Å². The molecule has 6 heteroatoms. The number of hydrogen-bond acceptors (Lipinski definition) is 4. The number of hydrogen-bond donors (Lipinski definition) is 1. The maximum absolute atomic E-state index is 12.6. The van der Waals surface area contributed by atoms with Crippen LogP contribution in [-0.2, 0) is 16.0 Å². The van der Waals surface area contributed by atoms with Gasteiger partial charge in [-0.1, -0.05) is 43.3 Å². The minimum atomic E-state index is -1.04. The number of aliphatic carboxylic acids is 1. The molecule has 0 saturated carbocycles. The van der Waals surface area contributed by atoms with E-state index in [-0.39, 0.29) is 24.8 Å². The molecule has 3 rings (SSSR count). The van der Waals surface area contributed by atoms with Gasteiger partial charge in [-0.25, -0.2) is 0 Å². The number of aromatic nitrogens is 1. The third-order valence-electron chi connectivity index (χ3n) is 5.87. The van der Waals surface area contributed by atoms with Gasteiger partial charge >= 0.3 is 5.97 Å². The quantitative estimate of drug-likeness (QED) is 0.816. The fraction of sp³-hybridized carbons (Fsp3) is 0.500. The summed E-state index contributed by atoms with van der Waals surface area (Å²) in [6.07, 6.45) is 2.17. The van der Waals surface area contributed by atoms with Crippen LogP contribution in [-0.4, -0.2) is 40.1 Å². The number of carbonyl (C=O) groups excluding carboxylic acids is 1. The molecule has 1 N–H and O–H groups in total. The first-order valence-electron chi connectivity index (χ1n) is 9.90. The molecule has 28 heavy (non-hydrogen) atoms. The van der Waals surface area contributed by atoms with Crippen molar-refractivity contribution in [2.24, 2.45) is 11.3 Å². The second kappa shape index (κ2) is 8.17. The summed E-state index contributed by atoms with van der Waals surface area (Å²) in [4.78, 5) is 26.5. The third-order valence-corrected chi connectivity index (χ3v) is 5.87. The van der Waals surface area contributed by atoms with Gasteiger partial charge in [0.25, 0.3) is 0 Å². The van der Waals surface area contributed by atoms with E-state index in [0.717, 1.165) is 17.5 Å². The molecule has 1 fully saturated rings. The highest BCUT2D eigenvalue weighted by Gasteiger charge is 2.45. The second-order valence-corrected chi connectivity index (χ2v) is 7.93. The van der Waals surface area contributed by atoms with Crippen molar-refractivity contribution < 1.29 is 19.2 Å². The van der Waals surface area contributed by atoms with Gasteiger partial charge in [0.1, 0.15) is 11.5 Å². The normalized spacial score (nSPS) is 20.8. The molecular weight excluding hydrogens is 356 g/mol. The highest BCUT2D eigenvalue weighted by Crippen LogP contribution is 2.36. The summed E-state index contributed by atoms with van der Waals surface area (Å²) < 4.78 is 5.50. The monoisotopic (exact) mass is 384 g/mol. The van der Waals surface area contributed by atoms with Gasteiger partial charge in [-0.2, -0.15) is 0 Å². The summed E-state index contributed by atoms with van der Waals surface area (Å²) in [5.41, 5.74) is 1.72. The van der Waals surface area contributed by atoms with Crippen molar-refractivity contribution in [1.82, 2.24) is 10.1 Å². The molecule has 150 valence electrons. The first-order valence-corrected chi connectivity index (χ1v) is 9.90. The molecule has 2 aromatic rings. The van der Waals surface area contributed by atoms with Crippen LogP contribution in [0.1, 0.15) is 44.4 Å². The van der Waals surface area contributed by atoms with Crippen molar-refractivity contribution in [2.45, 2.75) is 46.5 Å². The molecule has 2 heterocycles. The van der Waals surface area contributed by atoms with Crippen LogP contribution in [0.2, 0.25) is 0 Å². The highest BCUT2D eigenvalue weighted by atomic mass is 16.5. The minimum absolute atomic E-state index is 0.0333. The molecule has 1 aromatic carbocycles. The zero-order chi connectivity index (χ0) is 20.3. The number of nitrogens with zero attached hydrogens (tertiary/aromatic N) is 2. The van der Waals surface area contributed by atoms with Gasteiger partial charge in [-0.15, -0.1) is 0 Å². The van der Waals surface area contributed by atoms with Gasteiger partial charge < -0.3 is 14.5 Å². The molecular formula is C22H28N2O4. The number of benzene rings is 1. The van der Waals surface area contributed by atoms with Gasteiger partial charge in [0, 0.05) is 37.1 Å². The van der Waals surface area contributed by atoms with E-state index in [2.05, 4.69) is 5.16 Å². The number of carbonyl (C=O) groups is 2. The molecule has 0 aliphatic carbocycles. The minimum Gasteiger partial charge on any atom is -0.481 e. The molecule has 0 spiro atoms. The SMILES string of the molecule is CC[C@H](C)C(=O)N1CCC[C@](Cc2cc(-c3ccccc3C)no2)(C(=O)O)C1. The van der Waals surface area contributed by atoms with Crippen LogP contribution in [0.3, 0.4) is 0 Å². The van der Waals surface area contributed by atoms with Crippen LogP contribution < -0.4 is 0 Å². The number of carboxylic acid groups (broad SMARTS) is 1. The highest BCUT2D eigenvalue weighted by molar-refractivity contribution is 5.81. The van der Waals surface area contributed by atoms with Gasteiger partial charge in [0.05, 0.1) is 5.41 Å². The van der Waals surface area contributed by atoms with Gasteiger partial charge in [-0.3, -0.25) is 9.59 Å². The number of amides is 1. The lowest BCUT2D eigenvalue weighted by Gasteiger charge is -2.40. The lowest BCUT2D eigenvalue weighted by molar-refractivity contribution is -0.156. The van der Waals surface area contributed by atoms with Gasteiger partial charge in [0.2, 0.25) is 5.91 Å². The van der Waals surface area contributed by atoms with Crippen LogP contribution in [0, 0.1) is 18.3 Å². The van der Waals surface area contributed by atoms with Crippen molar-refractivity contribution in [1.29, 1.82) is 0 Å². The van der Waals surface area contributed by atoms with E-state index in [1.165, 1.54) is 0 Å². The predicted molar refractivity (Wildman–Crippen MR) is 106 cm³/mol. The number of likely N-dealkylation sites (tertiary alicyclic amines) is 1. The van der Waals surface area contributed by atoms with E-state index < -0.39 is 11.4 Å². The summed E-state index contributed by atoms with van der Waals surface area (Å²) in [7, 11) is 0. The second-order valence-electron chi connectivity index (χ2n) is 7.93. The first-order chi connectivity index (χ1) is 13.4. The van der Waals surface area contributed by atoms with Crippen molar-refractivity contribution in [3.05, 3.63) is 41.7 Å². The average Bonchev–Trinajstić information content (AvgIpc) is 3.15. The summed E-state index contributed by atoms with van der Waals surface area (Å²) in [6, 6.07) is 9.70. The van der Waals surface area contributed by atoms with E-state index in [4.69, 9.17) is 4.52 Å². The Morgan fingerprint density at radius 1 is 1.36 bits per heavy atom. The molecule has 1 amide bonds. The van der Waals surface area contributed by atoms with Crippen LogP contribution in [0.25, 0.3) is 11.3 Å². The van der Waals surface area contributed by atoms with Crippen molar-refractivity contribution in [3.63, 3.8) is 0 Å². The number of rotatable bonds is 6. The maximum Gasteiger partial charge on any atom is 0.311 e. The fourth-order valence-electron chi connectivity index (χ4n) is 3.92. The van der Waals surface area contributed by atoms with E-state index in [9.17, 15) is 14.7 Å². The Balaban J connectivity index is 1.83. The molecule has 0 bridgehead atoms. The summed E-state index contributed by atoms with van der Waals surface area (Å²) in [6.45, 7) is 6.69. The first kappa shape index (κ1) is 20.1. The molecule has 1 saturated heterocycles. The Bertz CT molecular complexity index is 860. The number of aryl methyl sites for hydroxylation is 1. The number of piperidine rings is 1. The Kier molecular flexibility index (Phi) is 5.87. The Labute approximate surface area is 165 Å². The van der Waals surface area contributed by atoms with Crippen molar-refractivity contribution in [2.75, 3.05) is 13.1 Å². The van der Waals surface area contributed by atoms with E-state index in [1.54, 1.807) is 4.90 Å². The molecule has 1 aromatic heterocycles. The number of carboxylic acids is 1. The smallest absolute Gasteiger partial charge is 0.311 e. The Hall–Kier alpha value is -2.63. The topological polar surface area (TPSA) is 83.6 Å². The zero-order valence-corrected chi connectivity index (χ0v) is 16.8. The van der Waals surface area contributed by atoms with Crippen LogP contribution in [0.5, 0.6) is 0 Å². The third kappa shape index (κ3) is 3.96. The fourth-order valence-corrected chi connectivity index (χ4v) is 3.92.